The Hall–Kier alpha value is -2.36. The van der Waals surface area contributed by atoms with Gasteiger partial charge in [0.1, 0.15) is 6.10 Å². The van der Waals surface area contributed by atoms with Crippen molar-refractivity contribution in [2.45, 2.75) is 25.0 Å². The van der Waals surface area contributed by atoms with Gasteiger partial charge in [0.25, 0.3) is 0 Å². The zero-order valence-corrected chi connectivity index (χ0v) is 13.0. The quantitative estimate of drug-likeness (QED) is 0.569. The molecular weight excluding hydrogens is 310 g/mol. The van der Waals surface area contributed by atoms with E-state index in [0.717, 1.165) is 11.3 Å². The summed E-state index contributed by atoms with van der Waals surface area (Å²) in [5.74, 6) is 4.84. The molecule has 2 saturated carbocycles. The number of hydrogen-bond acceptors (Lipinski definition) is 5. The molecule has 2 aliphatic rings. The van der Waals surface area contributed by atoms with Crippen LogP contribution >= 0.6 is 0 Å². The van der Waals surface area contributed by atoms with Gasteiger partial charge in [-0.3, -0.25) is 0 Å². The Kier molecular flexibility index (Phi) is 4.84. The molecule has 24 heavy (non-hydrogen) atoms. The van der Waals surface area contributed by atoms with E-state index in [9.17, 15) is 15.0 Å². The number of fused-ring (bicyclic) bond motifs is 1. The Balaban J connectivity index is 1.61. The van der Waals surface area contributed by atoms with Crippen molar-refractivity contribution in [2.75, 3.05) is 6.61 Å². The van der Waals surface area contributed by atoms with Crippen LogP contribution in [0, 0.1) is 29.6 Å². The summed E-state index contributed by atoms with van der Waals surface area (Å²) in [6.07, 6.45) is -0.254. The summed E-state index contributed by atoms with van der Waals surface area (Å²) in [7, 11) is 0. The number of hydrogen-bond donors (Lipinski definition) is 3. The topological polar surface area (TPSA) is 99.4 Å². The van der Waals surface area contributed by atoms with Crippen molar-refractivity contribution in [3.8, 4) is 11.8 Å². The van der Waals surface area contributed by atoms with E-state index in [-0.39, 0.29) is 17.8 Å². The van der Waals surface area contributed by atoms with Gasteiger partial charge in [-0.05, 0) is 24.3 Å². The molecule has 0 heterocycles. The summed E-state index contributed by atoms with van der Waals surface area (Å²) in [5.41, 5.74) is 1.51. The molecule has 3 rings (SSSR count). The Morgan fingerprint density at radius 3 is 2.83 bits per heavy atom. The van der Waals surface area contributed by atoms with Crippen molar-refractivity contribution in [3.63, 3.8) is 0 Å². The molecule has 126 valence electrons. The van der Waals surface area contributed by atoms with Crippen LogP contribution in [0.3, 0.4) is 0 Å². The van der Waals surface area contributed by atoms with Crippen molar-refractivity contribution >= 4 is 11.7 Å². The molecule has 0 spiro atoms. The van der Waals surface area contributed by atoms with Crippen LogP contribution in [0.5, 0.6) is 0 Å². The molecule has 1 aromatic carbocycles. The highest BCUT2D eigenvalue weighted by molar-refractivity contribution is 5.93. The highest BCUT2D eigenvalue weighted by atomic mass is 16.6. The normalized spacial score (nSPS) is 30.7. The van der Waals surface area contributed by atoms with Gasteiger partial charge >= 0.3 is 5.97 Å². The van der Waals surface area contributed by atoms with Crippen LogP contribution in [-0.2, 0) is 9.63 Å². The summed E-state index contributed by atoms with van der Waals surface area (Å²) in [4.78, 5) is 15.2. The Morgan fingerprint density at radius 1 is 1.38 bits per heavy atom. The first-order valence-electron chi connectivity index (χ1n) is 7.89. The standard InChI is InChI=1S/C18H19NO5/c20-16(11-4-2-1-3-5-11)7-6-12-13-8-15(14(13)9-17(12)21)19-24-10-18(22)23/h1-5,12-14,16-17,20-21H,8-10H2,(H,22,23)/b19-15-. The maximum absolute atomic E-state index is 10.4. The van der Waals surface area contributed by atoms with E-state index >= 15 is 0 Å². The van der Waals surface area contributed by atoms with Gasteiger partial charge < -0.3 is 20.2 Å². The molecule has 0 aromatic heterocycles. The third-order valence-electron chi connectivity index (χ3n) is 4.63. The molecule has 0 radical (unpaired) electrons. The zero-order chi connectivity index (χ0) is 17.1. The van der Waals surface area contributed by atoms with Crippen LogP contribution in [0.4, 0.5) is 0 Å². The lowest BCUT2D eigenvalue weighted by Crippen LogP contribution is -2.36. The lowest BCUT2D eigenvalue weighted by Gasteiger charge is -2.33. The second-order valence-electron chi connectivity index (χ2n) is 6.16. The molecule has 2 aliphatic carbocycles. The van der Waals surface area contributed by atoms with Crippen molar-refractivity contribution < 1.29 is 25.0 Å². The highest BCUT2D eigenvalue weighted by Crippen LogP contribution is 2.48. The minimum absolute atomic E-state index is 0.0852. The zero-order valence-electron chi connectivity index (χ0n) is 13.0. The van der Waals surface area contributed by atoms with E-state index in [1.54, 1.807) is 12.1 Å². The first-order chi connectivity index (χ1) is 11.6. The Bertz CT molecular complexity index is 690. The molecule has 0 saturated heterocycles. The van der Waals surface area contributed by atoms with E-state index in [2.05, 4.69) is 17.0 Å². The van der Waals surface area contributed by atoms with Crippen LogP contribution in [0.25, 0.3) is 0 Å². The summed E-state index contributed by atoms with van der Waals surface area (Å²) in [6, 6.07) is 9.16. The van der Waals surface area contributed by atoms with Gasteiger partial charge in [-0.1, -0.05) is 47.3 Å². The molecule has 6 nitrogen and oxygen atoms in total. The second-order valence-corrected chi connectivity index (χ2v) is 6.16. The van der Waals surface area contributed by atoms with E-state index in [1.165, 1.54) is 0 Å². The number of oxime groups is 1. The fourth-order valence-electron chi connectivity index (χ4n) is 3.37. The fourth-order valence-corrected chi connectivity index (χ4v) is 3.37. The monoisotopic (exact) mass is 329 g/mol. The Morgan fingerprint density at radius 2 is 2.12 bits per heavy atom. The second kappa shape index (κ2) is 7.04. The third-order valence-corrected chi connectivity index (χ3v) is 4.63. The van der Waals surface area contributed by atoms with Gasteiger partial charge in [0, 0.05) is 5.92 Å². The maximum Gasteiger partial charge on any atom is 0.344 e. The van der Waals surface area contributed by atoms with Crippen molar-refractivity contribution in [3.05, 3.63) is 35.9 Å². The molecular formula is C18H19NO5. The van der Waals surface area contributed by atoms with Gasteiger partial charge in [-0.25, -0.2) is 4.79 Å². The van der Waals surface area contributed by atoms with Crippen molar-refractivity contribution in [1.82, 2.24) is 0 Å². The number of aliphatic carboxylic acids is 1. The Labute approximate surface area is 139 Å². The molecule has 0 bridgehead atoms. The minimum Gasteiger partial charge on any atom is -0.479 e. The van der Waals surface area contributed by atoms with Crippen LogP contribution < -0.4 is 0 Å². The lowest BCUT2D eigenvalue weighted by molar-refractivity contribution is -0.142. The molecule has 0 aliphatic heterocycles. The van der Waals surface area contributed by atoms with Gasteiger partial charge in [-0.2, -0.15) is 0 Å². The lowest BCUT2D eigenvalue weighted by atomic mass is 9.71. The predicted octanol–water partition coefficient (Wildman–Crippen LogP) is 1.20. The number of aliphatic hydroxyl groups is 2. The number of benzene rings is 1. The smallest absolute Gasteiger partial charge is 0.344 e. The summed E-state index contributed by atoms with van der Waals surface area (Å²) < 4.78 is 0. The molecule has 5 unspecified atom stereocenters. The first kappa shape index (κ1) is 16.5. The number of carboxylic acid groups (broad SMARTS) is 1. The fraction of sp³-hybridized carbons (Fsp3) is 0.444. The van der Waals surface area contributed by atoms with Gasteiger partial charge in [0.15, 0.2) is 0 Å². The van der Waals surface area contributed by atoms with E-state index in [0.29, 0.717) is 12.8 Å². The first-order valence-corrected chi connectivity index (χ1v) is 7.89. The van der Waals surface area contributed by atoms with Gasteiger partial charge in [0.2, 0.25) is 6.61 Å². The highest BCUT2D eigenvalue weighted by Gasteiger charge is 2.51. The third kappa shape index (κ3) is 3.42. The summed E-state index contributed by atoms with van der Waals surface area (Å²) in [5, 5.41) is 32.7. The number of carboxylic acids is 1. The van der Waals surface area contributed by atoms with Gasteiger partial charge in [-0.15, -0.1) is 0 Å². The van der Waals surface area contributed by atoms with Gasteiger partial charge in [0.05, 0.1) is 17.7 Å². The average Bonchev–Trinajstić information content (AvgIpc) is 2.81. The summed E-state index contributed by atoms with van der Waals surface area (Å²) >= 11 is 0. The molecule has 5 atom stereocenters. The minimum atomic E-state index is -1.07. The SMILES string of the molecule is O=C(O)CO/N=C1/CC2C1CC(O)C2C#CC(O)c1ccccc1. The van der Waals surface area contributed by atoms with Crippen molar-refractivity contribution in [2.24, 2.45) is 22.9 Å². The summed E-state index contributed by atoms with van der Waals surface area (Å²) in [6.45, 7) is -0.462. The average molecular weight is 329 g/mol. The number of rotatable bonds is 4. The van der Waals surface area contributed by atoms with Crippen LogP contribution in [0.2, 0.25) is 0 Å². The molecule has 0 amide bonds. The van der Waals surface area contributed by atoms with Crippen molar-refractivity contribution in [1.29, 1.82) is 0 Å². The van der Waals surface area contributed by atoms with Crippen LogP contribution in [0.15, 0.2) is 35.5 Å². The van der Waals surface area contributed by atoms with E-state index in [1.807, 2.05) is 18.2 Å². The molecule has 3 N–H and O–H groups in total. The van der Waals surface area contributed by atoms with E-state index < -0.39 is 24.8 Å². The molecule has 6 heteroatoms. The number of nitrogens with zero attached hydrogens (tertiary/aromatic N) is 1. The van der Waals surface area contributed by atoms with E-state index in [4.69, 9.17) is 9.94 Å². The predicted molar refractivity (Wildman–Crippen MR) is 85.9 cm³/mol. The maximum atomic E-state index is 10.4. The largest absolute Gasteiger partial charge is 0.479 e. The number of carbonyl (C=O) groups is 1. The molecule has 2 fully saturated rings. The van der Waals surface area contributed by atoms with Crippen LogP contribution in [0.1, 0.15) is 24.5 Å². The molecule has 1 aromatic rings. The van der Waals surface area contributed by atoms with Crippen LogP contribution in [-0.4, -0.2) is 39.7 Å². The number of aliphatic hydroxyl groups excluding tert-OH is 2.